The van der Waals surface area contributed by atoms with E-state index in [1.165, 1.54) is 4.90 Å². The van der Waals surface area contributed by atoms with E-state index in [1.54, 1.807) is 0 Å². The van der Waals surface area contributed by atoms with Gasteiger partial charge in [0.05, 0.1) is 6.54 Å². The highest BCUT2D eigenvalue weighted by Gasteiger charge is 2.31. The minimum absolute atomic E-state index is 0.0640. The van der Waals surface area contributed by atoms with E-state index in [0.29, 0.717) is 12.6 Å². The Balaban J connectivity index is 4.04. The number of halogens is 3. The van der Waals surface area contributed by atoms with E-state index in [0.717, 1.165) is 25.8 Å². The monoisotopic (exact) mass is 268 g/mol. The number of nitrogens with one attached hydrogen (secondary N) is 1. The quantitative estimate of drug-likeness (QED) is 0.689. The van der Waals surface area contributed by atoms with Crippen LogP contribution in [-0.2, 0) is 0 Å². The average molecular weight is 268 g/mol. The number of alkyl halides is 3. The van der Waals surface area contributed by atoms with Crippen LogP contribution in [0, 0.1) is 0 Å². The number of hydrogen-bond donors (Lipinski definition) is 1. The van der Waals surface area contributed by atoms with Crippen molar-refractivity contribution in [2.24, 2.45) is 0 Å². The van der Waals surface area contributed by atoms with Crippen molar-refractivity contribution in [3.8, 4) is 0 Å². The lowest BCUT2D eigenvalue weighted by Gasteiger charge is -2.28. The van der Waals surface area contributed by atoms with E-state index in [2.05, 4.69) is 12.2 Å². The molecule has 110 valence electrons. The lowest BCUT2D eigenvalue weighted by atomic mass is 10.1. The first-order valence-corrected chi connectivity index (χ1v) is 6.84. The Bertz CT molecular complexity index is 205. The minimum atomic E-state index is -4.10. The molecule has 1 atom stereocenters. The van der Waals surface area contributed by atoms with Crippen LogP contribution in [-0.4, -0.2) is 42.8 Å². The molecule has 0 fully saturated rings. The fourth-order valence-corrected chi connectivity index (χ4v) is 2.03. The second-order valence-electron chi connectivity index (χ2n) is 4.98. The molecule has 0 radical (unpaired) electrons. The van der Waals surface area contributed by atoms with Crippen molar-refractivity contribution in [2.75, 3.05) is 19.6 Å². The normalized spacial score (nSPS) is 14.5. The van der Waals surface area contributed by atoms with E-state index >= 15 is 0 Å². The molecule has 0 amide bonds. The van der Waals surface area contributed by atoms with Crippen molar-refractivity contribution in [2.45, 2.75) is 65.2 Å². The largest absolute Gasteiger partial charge is 0.401 e. The molecule has 0 rings (SSSR count). The standard InChI is InChI=1S/C13H27F3N2/c1-5-12(17-6-2)8-7-9-18(11(3)4)10-13(14,15)16/h11-12,17H,5-10H2,1-4H3. The molecule has 0 heterocycles. The zero-order valence-electron chi connectivity index (χ0n) is 12.0. The summed E-state index contributed by atoms with van der Waals surface area (Å²) in [4.78, 5) is 1.50. The van der Waals surface area contributed by atoms with Crippen molar-refractivity contribution in [1.82, 2.24) is 10.2 Å². The molecule has 0 aliphatic rings. The van der Waals surface area contributed by atoms with Crippen LogP contribution in [0.2, 0.25) is 0 Å². The van der Waals surface area contributed by atoms with Gasteiger partial charge in [-0.2, -0.15) is 13.2 Å². The summed E-state index contributed by atoms with van der Waals surface area (Å²) in [5.74, 6) is 0. The summed E-state index contributed by atoms with van der Waals surface area (Å²) in [6.07, 6.45) is -1.34. The third-order valence-corrected chi connectivity index (χ3v) is 3.10. The third-order valence-electron chi connectivity index (χ3n) is 3.10. The fraction of sp³-hybridized carbons (Fsp3) is 1.00. The maximum Gasteiger partial charge on any atom is 0.401 e. The summed E-state index contributed by atoms with van der Waals surface area (Å²) in [6.45, 7) is 8.40. The van der Waals surface area contributed by atoms with E-state index in [-0.39, 0.29) is 6.04 Å². The summed E-state index contributed by atoms with van der Waals surface area (Å²) in [5, 5.41) is 3.34. The Hall–Kier alpha value is -0.290. The summed E-state index contributed by atoms with van der Waals surface area (Å²) in [7, 11) is 0. The van der Waals surface area contributed by atoms with Gasteiger partial charge in [0.2, 0.25) is 0 Å². The number of nitrogens with zero attached hydrogens (tertiary/aromatic N) is 1. The van der Waals surface area contributed by atoms with Crippen LogP contribution in [0.15, 0.2) is 0 Å². The van der Waals surface area contributed by atoms with Crippen molar-refractivity contribution >= 4 is 0 Å². The molecule has 0 spiro atoms. The molecule has 0 bridgehead atoms. The van der Waals surface area contributed by atoms with Crippen LogP contribution in [0.1, 0.15) is 47.0 Å². The molecule has 5 heteroatoms. The summed E-state index contributed by atoms with van der Waals surface area (Å²) in [6, 6.07) is 0.362. The Kier molecular flexibility index (Phi) is 8.61. The minimum Gasteiger partial charge on any atom is -0.314 e. The average Bonchev–Trinajstić information content (AvgIpc) is 2.24. The molecule has 18 heavy (non-hydrogen) atoms. The van der Waals surface area contributed by atoms with Gasteiger partial charge in [-0.15, -0.1) is 0 Å². The summed E-state index contributed by atoms with van der Waals surface area (Å²) in [5.41, 5.74) is 0. The van der Waals surface area contributed by atoms with Gasteiger partial charge in [0.25, 0.3) is 0 Å². The molecule has 0 saturated heterocycles. The Morgan fingerprint density at radius 1 is 1.17 bits per heavy atom. The molecular weight excluding hydrogens is 241 g/mol. The van der Waals surface area contributed by atoms with Crippen molar-refractivity contribution in [3.05, 3.63) is 0 Å². The Labute approximate surface area is 109 Å². The predicted molar refractivity (Wildman–Crippen MR) is 69.8 cm³/mol. The maximum absolute atomic E-state index is 12.4. The van der Waals surface area contributed by atoms with Crippen LogP contribution in [0.4, 0.5) is 13.2 Å². The highest BCUT2D eigenvalue weighted by Crippen LogP contribution is 2.18. The summed E-state index contributed by atoms with van der Waals surface area (Å²) >= 11 is 0. The fourth-order valence-electron chi connectivity index (χ4n) is 2.03. The first-order chi connectivity index (χ1) is 8.30. The molecule has 0 aliphatic carbocycles. The number of rotatable bonds is 9. The third kappa shape index (κ3) is 8.75. The van der Waals surface area contributed by atoms with E-state index in [4.69, 9.17) is 0 Å². The second-order valence-corrected chi connectivity index (χ2v) is 4.98. The lowest BCUT2D eigenvalue weighted by Crippen LogP contribution is -2.40. The molecule has 0 aromatic carbocycles. The van der Waals surface area contributed by atoms with E-state index < -0.39 is 12.7 Å². The lowest BCUT2D eigenvalue weighted by molar-refractivity contribution is -0.149. The molecular formula is C13H27F3N2. The van der Waals surface area contributed by atoms with Gasteiger partial charge in [0.1, 0.15) is 0 Å². The SMILES string of the molecule is CCNC(CC)CCCN(CC(F)(F)F)C(C)C. The smallest absolute Gasteiger partial charge is 0.314 e. The van der Waals surface area contributed by atoms with Crippen LogP contribution in [0.25, 0.3) is 0 Å². The Morgan fingerprint density at radius 3 is 2.17 bits per heavy atom. The zero-order valence-corrected chi connectivity index (χ0v) is 12.0. The molecule has 1 N–H and O–H groups in total. The van der Waals surface area contributed by atoms with Crippen LogP contribution in [0.3, 0.4) is 0 Å². The van der Waals surface area contributed by atoms with Gasteiger partial charge in [0.15, 0.2) is 0 Å². The van der Waals surface area contributed by atoms with Crippen molar-refractivity contribution in [3.63, 3.8) is 0 Å². The van der Waals surface area contributed by atoms with Gasteiger partial charge in [0, 0.05) is 12.1 Å². The van der Waals surface area contributed by atoms with Gasteiger partial charge < -0.3 is 5.32 Å². The molecule has 0 saturated carbocycles. The summed E-state index contributed by atoms with van der Waals surface area (Å²) < 4.78 is 37.2. The molecule has 1 unspecified atom stereocenters. The van der Waals surface area contributed by atoms with Gasteiger partial charge in [-0.25, -0.2) is 0 Å². The second kappa shape index (κ2) is 8.75. The zero-order chi connectivity index (χ0) is 14.2. The molecule has 2 nitrogen and oxygen atoms in total. The van der Waals surface area contributed by atoms with Gasteiger partial charge in [-0.3, -0.25) is 4.90 Å². The predicted octanol–water partition coefficient (Wildman–Crippen LogP) is 3.43. The van der Waals surface area contributed by atoms with Crippen molar-refractivity contribution < 1.29 is 13.2 Å². The topological polar surface area (TPSA) is 15.3 Å². The first kappa shape index (κ1) is 17.7. The molecule has 0 aliphatic heterocycles. The van der Waals surface area contributed by atoms with Crippen LogP contribution >= 0.6 is 0 Å². The van der Waals surface area contributed by atoms with E-state index in [9.17, 15) is 13.2 Å². The van der Waals surface area contributed by atoms with Gasteiger partial charge in [-0.1, -0.05) is 13.8 Å². The molecule has 0 aromatic rings. The van der Waals surface area contributed by atoms with Gasteiger partial charge >= 0.3 is 6.18 Å². The Morgan fingerprint density at radius 2 is 1.78 bits per heavy atom. The van der Waals surface area contributed by atoms with Crippen LogP contribution in [0.5, 0.6) is 0 Å². The van der Waals surface area contributed by atoms with E-state index in [1.807, 2.05) is 20.8 Å². The molecule has 0 aromatic heterocycles. The maximum atomic E-state index is 12.4. The van der Waals surface area contributed by atoms with Crippen molar-refractivity contribution in [1.29, 1.82) is 0 Å². The highest BCUT2D eigenvalue weighted by molar-refractivity contribution is 4.70. The van der Waals surface area contributed by atoms with Crippen LogP contribution < -0.4 is 5.32 Å². The van der Waals surface area contributed by atoms with Gasteiger partial charge in [-0.05, 0) is 46.2 Å². The highest BCUT2D eigenvalue weighted by atomic mass is 19.4. The first-order valence-electron chi connectivity index (χ1n) is 6.84. The number of hydrogen-bond acceptors (Lipinski definition) is 2.